The summed E-state index contributed by atoms with van der Waals surface area (Å²) in [7, 11) is 0. The van der Waals surface area contributed by atoms with E-state index in [-0.39, 0.29) is 0 Å². The lowest BCUT2D eigenvalue weighted by Crippen LogP contribution is -1.81. The van der Waals surface area contributed by atoms with Crippen LogP contribution in [0, 0.1) is 11.3 Å². The van der Waals surface area contributed by atoms with Crippen molar-refractivity contribution in [2.24, 2.45) is 0 Å². The van der Waals surface area contributed by atoms with E-state index in [0.29, 0.717) is 0 Å². The Morgan fingerprint density at radius 2 is 1.35 bits per heavy atom. The van der Waals surface area contributed by atoms with Gasteiger partial charge < -0.3 is 0 Å². The van der Waals surface area contributed by atoms with E-state index in [2.05, 4.69) is 31.7 Å². The van der Waals surface area contributed by atoms with Gasteiger partial charge in [0.1, 0.15) is 0 Å². The van der Waals surface area contributed by atoms with Crippen molar-refractivity contribution in [1.29, 1.82) is 5.26 Å². The van der Waals surface area contributed by atoms with Crippen LogP contribution in [-0.4, -0.2) is 0 Å². The fraction of sp³-hybridized carbons (Fsp3) is 0.737. The van der Waals surface area contributed by atoms with E-state index >= 15 is 0 Å². The van der Waals surface area contributed by atoms with Gasteiger partial charge in [-0.25, -0.2) is 0 Å². The van der Waals surface area contributed by atoms with Crippen LogP contribution >= 0.6 is 0 Å². The quantitative estimate of drug-likeness (QED) is 0.196. The number of rotatable bonds is 14. The van der Waals surface area contributed by atoms with Crippen LogP contribution in [-0.2, 0) is 0 Å². The molecule has 0 unspecified atom stereocenters. The number of nitrogens with zero attached hydrogens (tertiary/aromatic N) is 1. The van der Waals surface area contributed by atoms with Gasteiger partial charge in [-0.2, -0.15) is 5.26 Å². The summed E-state index contributed by atoms with van der Waals surface area (Å²) in [6.07, 6.45) is 21.3. The summed E-state index contributed by atoms with van der Waals surface area (Å²) in [6, 6.07) is 2.11. The maximum absolute atomic E-state index is 8.58. The summed E-state index contributed by atoms with van der Waals surface area (Å²) in [5.41, 5.74) is 0.726. The van der Waals surface area contributed by atoms with Gasteiger partial charge in [-0.05, 0) is 38.5 Å². The highest BCUT2D eigenvalue weighted by Gasteiger charge is 1.92. The lowest BCUT2D eigenvalue weighted by atomic mass is 10.1. The Labute approximate surface area is 126 Å². The molecule has 0 amide bonds. The Balaban J connectivity index is 3.13. The van der Waals surface area contributed by atoms with E-state index in [9.17, 15) is 0 Å². The first kappa shape index (κ1) is 19.0. The van der Waals surface area contributed by atoms with Crippen molar-refractivity contribution in [3.8, 4) is 6.07 Å². The smallest absolute Gasteiger partial charge is 0.0940 e. The maximum atomic E-state index is 8.58. The van der Waals surface area contributed by atoms with Gasteiger partial charge in [-0.1, -0.05) is 70.6 Å². The summed E-state index contributed by atoms with van der Waals surface area (Å²) in [6.45, 7) is 5.97. The van der Waals surface area contributed by atoms with E-state index in [1.165, 1.54) is 70.6 Å². The predicted molar refractivity (Wildman–Crippen MR) is 89.6 cm³/mol. The highest BCUT2D eigenvalue weighted by atomic mass is 14.2. The zero-order valence-electron chi connectivity index (χ0n) is 13.5. The second-order valence-corrected chi connectivity index (χ2v) is 5.70. The predicted octanol–water partition coefficient (Wildman–Crippen LogP) is 6.71. The molecule has 0 saturated heterocycles. The van der Waals surface area contributed by atoms with Crippen LogP contribution in [0.5, 0.6) is 0 Å². The molecule has 0 atom stereocenters. The third kappa shape index (κ3) is 15.0. The van der Waals surface area contributed by atoms with Crippen LogP contribution in [0.15, 0.2) is 24.3 Å². The number of hydrogen-bond acceptors (Lipinski definition) is 1. The molecule has 1 heteroatoms. The fourth-order valence-electron chi connectivity index (χ4n) is 2.29. The number of hydrogen-bond donors (Lipinski definition) is 0. The third-order valence-electron chi connectivity index (χ3n) is 3.65. The Hall–Kier alpha value is -1.03. The van der Waals surface area contributed by atoms with Crippen molar-refractivity contribution in [2.75, 3.05) is 0 Å². The molecular weight excluding hydrogens is 242 g/mol. The Bertz CT molecular complexity index is 283. The molecule has 0 spiro atoms. The van der Waals surface area contributed by atoms with Crippen molar-refractivity contribution in [3.05, 3.63) is 24.3 Å². The van der Waals surface area contributed by atoms with Gasteiger partial charge in [-0.3, -0.25) is 0 Å². The van der Waals surface area contributed by atoms with Crippen LogP contribution in [0.25, 0.3) is 0 Å². The third-order valence-corrected chi connectivity index (χ3v) is 3.65. The van der Waals surface area contributed by atoms with Gasteiger partial charge in [0.2, 0.25) is 0 Å². The van der Waals surface area contributed by atoms with E-state index in [4.69, 9.17) is 5.26 Å². The standard InChI is InChI=1S/C19H33N/c1-3-4-5-6-7-8-9-10-11-12-13-14-15-16-17-19(2)18-20/h10-11H,2-9,12-17H2,1H3/b11-10+. The van der Waals surface area contributed by atoms with Crippen molar-refractivity contribution >= 4 is 0 Å². The van der Waals surface area contributed by atoms with E-state index in [1.54, 1.807) is 0 Å². The molecule has 0 bridgehead atoms. The Kier molecular flexibility index (Phi) is 15.2. The molecule has 0 heterocycles. The van der Waals surface area contributed by atoms with Crippen molar-refractivity contribution < 1.29 is 0 Å². The first-order chi connectivity index (χ1) is 9.81. The molecular formula is C19H33N. The van der Waals surface area contributed by atoms with E-state index in [1.807, 2.05) is 0 Å². The van der Waals surface area contributed by atoms with Gasteiger partial charge in [0.15, 0.2) is 0 Å². The largest absolute Gasteiger partial charge is 0.193 e. The minimum absolute atomic E-state index is 0.726. The van der Waals surface area contributed by atoms with Crippen LogP contribution in [0.4, 0.5) is 0 Å². The minimum Gasteiger partial charge on any atom is -0.193 e. The topological polar surface area (TPSA) is 23.8 Å². The molecule has 0 aliphatic heterocycles. The molecule has 0 aromatic heterocycles. The number of unbranched alkanes of at least 4 members (excludes halogenated alkanes) is 10. The summed E-state index contributed by atoms with van der Waals surface area (Å²) >= 11 is 0. The molecule has 20 heavy (non-hydrogen) atoms. The summed E-state index contributed by atoms with van der Waals surface area (Å²) in [4.78, 5) is 0. The lowest BCUT2D eigenvalue weighted by molar-refractivity contribution is 0.610. The van der Waals surface area contributed by atoms with Crippen molar-refractivity contribution in [1.82, 2.24) is 0 Å². The van der Waals surface area contributed by atoms with Crippen LogP contribution in [0.2, 0.25) is 0 Å². The highest BCUT2D eigenvalue weighted by Crippen LogP contribution is 2.10. The van der Waals surface area contributed by atoms with E-state index in [0.717, 1.165) is 18.4 Å². The Morgan fingerprint density at radius 3 is 1.90 bits per heavy atom. The molecule has 0 aromatic rings. The molecule has 0 N–H and O–H groups in total. The second-order valence-electron chi connectivity index (χ2n) is 5.70. The second kappa shape index (κ2) is 16.0. The first-order valence-electron chi connectivity index (χ1n) is 8.54. The number of allylic oxidation sites excluding steroid dienone is 3. The lowest BCUT2D eigenvalue weighted by Gasteiger charge is -1.99. The van der Waals surface area contributed by atoms with Gasteiger partial charge in [0, 0.05) is 5.57 Å². The van der Waals surface area contributed by atoms with Gasteiger partial charge >= 0.3 is 0 Å². The SMILES string of the molecule is C=C(C#N)CCCCCC/C=C/CCCCCCCC. The van der Waals surface area contributed by atoms with Crippen molar-refractivity contribution in [3.63, 3.8) is 0 Å². The molecule has 0 fully saturated rings. The van der Waals surface area contributed by atoms with Crippen LogP contribution < -0.4 is 0 Å². The summed E-state index contributed by atoms with van der Waals surface area (Å²) in [5, 5.41) is 8.58. The van der Waals surface area contributed by atoms with Crippen LogP contribution in [0.3, 0.4) is 0 Å². The molecule has 0 radical (unpaired) electrons. The molecule has 1 nitrogen and oxygen atoms in total. The maximum Gasteiger partial charge on any atom is 0.0940 e. The average molecular weight is 275 g/mol. The zero-order chi connectivity index (χ0) is 14.9. The summed E-state index contributed by atoms with van der Waals surface area (Å²) < 4.78 is 0. The minimum atomic E-state index is 0.726. The Morgan fingerprint density at radius 1 is 0.850 bits per heavy atom. The molecule has 0 aliphatic carbocycles. The monoisotopic (exact) mass is 275 g/mol. The van der Waals surface area contributed by atoms with E-state index < -0.39 is 0 Å². The fourth-order valence-corrected chi connectivity index (χ4v) is 2.29. The first-order valence-corrected chi connectivity index (χ1v) is 8.54. The van der Waals surface area contributed by atoms with Gasteiger partial charge in [0.05, 0.1) is 6.07 Å². The summed E-state index contributed by atoms with van der Waals surface area (Å²) in [5.74, 6) is 0. The molecule has 0 aromatic carbocycles. The molecule has 0 aliphatic rings. The normalized spacial score (nSPS) is 10.8. The molecule has 0 saturated carbocycles. The van der Waals surface area contributed by atoms with Gasteiger partial charge in [0.25, 0.3) is 0 Å². The van der Waals surface area contributed by atoms with Crippen molar-refractivity contribution in [2.45, 2.75) is 90.4 Å². The van der Waals surface area contributed by atoms with Gasteiger partial charge in [-0.15, -0.1) is 0 Å². The highest BCUT2D eigenvalue weighted by molar-refractivity contribution is 5.14. The molecule has 0 rings (SSSR count). The average Bonchev–Trinajstić information content (AvgIpc) is 2.47. The molecule has 114 valence electrons. The number of nitriles is 1. The zero-order valence-corrected chi connectivity index (χ0v) is 13.5. The van der Waals surface area contributed by atoms with Crippen LogP contribution in [0.1, 0.15) is 90.4 Å².